The van der Waals surface area contributed by atoms with Crippen molar-refractivity contribution in [3.05, 3.63) is 0 Å². The van der Waals surface area contributed by atoms with Gasteiger partial charge in [0.1, 0.15) is 0 Å². The lowest BCUT2D eigenvalue weighted by Crippen LogP contribution is -2.58. The summed E-state index contributed by atoms with van der Waals surface area (Å²) in [6.45, 7) is 4.99. The predicted octanol–water partition coefficient (Wildman–Crippen LogP) is 1.56. The van der Waals surface area contributed by atoms with E-state index in [0.717, 1.165) is 71.4 Å². The summed E-state index contributed by atoms with van der Waals surface area (Å²) in [5.74, 6) is 1.32. The quantitative estimate of drug-likeness (QED) is 0.651. The predicted molar refractivity (Wildman–Crippen MR) is 107 cm³/mol. The summed E-state index contributed by atoms with van der Waals surface area (Å²) in [5, 5.41) is 3.19. The van der Waals surface area contributed by atoms with Gasteiger partial charge in [-0.1, -0.05) is 19.3 Å². The fourth-order valence-corrected chi connectivity index (χ4v) is 4.80. The molecule has 3 aliphatic rings. The van der Waals surface area contributed by atoms with Gasteiger partial charge in [0.05, 0.1) is 6.04 Å². The zero-order valence-corrected chi connectivity index (χ0v) is 17.3. The highest BCUT2D eigenvalue weighted by molar-refractivity contribution is 5.82. The molecule has 0 aromatic heterocycles. The van der Waals surface area contributed by atoms with E-state index in [2.05, 4.69) is 29.2 Å². The van der Waals surface area contributed by atoms with Crippen LogP contribution in [0.5, 0.6) is 0 Å². The minimum absolute atomic E-state index is 0.00666. The summed E-state index contributed by atoms with van der Waals surface area (Å²) in [4.78, 5) is 32.1. The summed E-state index contributed by atoms with van der Waals surface area (Å²) in [5.41, 5.74) is 0. The lowest BCUT2D eigenvalue weighted by molar-refractivity contribution is -0.141. The van der Waals surface area contributed by atoms with Crippen LogP contribution in [0.1, 0.15) is 51.4 Å². The minimum Gasteiger partial charge on any atom is -0.355 e. The Morgan fingerprint density at radius 2 is 1.67 bits per heavy atom. The van der Waals surface area contributed by atoms with Gasteiger partial charge in [0.2, 0.25) is 11.8 Å². The van der Waals surface area contributed by atoms with Gasteiger partial charge in [0.25, 0.3) is 0 Å². The third kappa shape index (κ3) is 5.44. The molecule has 1 N–H and O–H groups in total. The molecule has 0 spiro atoms. The maximum absolute atomic E-state index is 13.0. The van der Waals surface area contributed by atoms with Crippen LogP contribution in [0.4, 0.5) is 0 Å². The van der Waals surface area contributed by atoms with Crippen molar-refractivity contribution in [2.45, 2.75) is 57.4 Å². The summed E-state index contributed by atoms with van der Waals surface area (Å²) < 4.78 is 0. The SMILES string of the molecule is CN(C)CCCNC(=O)C(C1CCCC1)N1CCN(C(=O)C2CCC2)CC1. The summed E-state index contributed by atoms with van der Waals surface area (Å²) >= 11 is 0. The van der Waals surface area contributed by atoms with Crippen LogP contribution in [0.15, 0.2) is 0 Å². The molecule has 0 aromatic carbocycles. The van der Waals surface area contributed by atoms with Crippen molar-refractivity contribution in [2.24, 2.45) is 11.8 Å². The molecule has 0 aromatic rings. The van der Waals surface area contributed by atoms with E-state index in [1.807, 2.05) is 4.90 Å². The zero-order valence-electron chi connectivity index (χ0n) is 17.3. The molecule has 2 aliphatic carbocycles. The Morgan fingerprint density at radius 1 is 1.00 bits per heavy atom. The van der Waals surface area contributed by atoms with Crippen molar-refractivity contribution in [1.29, 1.82) is 0 Å². The topological polar surface area (TPSA) is 55.9 Å². The second-order valence-electron chi connectivity index (χ2n) is 8.93. The number of nitrogens with one attached hydrogen (secondary N) is 1. The molecule has 2 saturated carbocycles. The number of rotatable bonds is 8. The van der Waals surface area contributed by atoms with E-state index >= 15 is 0 Å². The lowest BCUT2D eigenvalue weighted by Gasteiger charge is -2.42. The van der Waals surface area contributed by atoms with Gasteiger partial charge in [-0.3, -0.25) is 14.5 Å². The van der Waals surface area contributed by atoms with Gasteiger partial charge in [0.15, 0.2) is 0 Å². The molecular formula is C21H38N4O2. The van der Waals surface area contributed by atoms with Crippen molar-refractivity contribution in [3.63, 3.8) is 0 Å². The van der Waals surface area contributed by atoms with Gasteiger partial charge in [-0.2, -0.15) is 0 Å². The van der Waals surface area contributed by atoms with Crippen LogP contribution in [0.25, 0.3) is 0 Å². The van der Waals surface area contributed by atoms with Gasteiger partial charge >= 0.3 is 0 Å². The minimum atomic E-state index is -0.00666. The van der Waals surface area contributed by atoms with Crippen molar-refractivity contribution >= 4 is 11.8 Å². The number of hydrogen-bond donors (Lipinski definition) is 1. The number of carbonyl (C=O) groups is 2. The van der Waals surface area contributed by atoms with E-state index in [0.29, 0.717) is 11.8 Å². The van der Waals surface area contributed by atoms with Crippen LogP contribution in [0.2, 0.25) is 0 Å². The van der Waals surface area contributed by atoms with E-state index in [1.54, 1.807) is 0 Å². The highest BCUT2D eigenvalue weighted by atomic mass is 16.2. The van der Waals surface area contributed by atoms with E-state index in [1.165, 1.54) is 19.3 Å². The lowest BCUT2D eigenvalue weighted by atomic mass is 9.84. The molecule has 2 amide bonds. The Labute approximate surface area is 164 Å². The second kappa shape index (κ2) is 9.87. The number of amides is 2. The average molecular weight is 379 g/mol. The molecule has 1 unspecified atom stereocenters. The van der Waals surface area contributed by atoms with Crippen molar-refractivity contribution in [2.75, 3.05) is 53.4 Å². The Hall–Kier alpha value is -1.14. The molecule has 1 atom stereocenters. The van der Waals surface area contributed by atoms with Crippen molar-refractivity contribution in [1.82, 2.24) is 20.0 Å². The molecule has 6 heteroatoms. The van der Waals surface area contributed by atoms with Crippen LogP contribution in [0.3, 0.4) is 0 Å². The Morgan fingerprint density at radius 3 is 2.22 bits per heavy atom. The molecule has 3 fully saturated rings. The van der Waals surface area contributed by atoms with Crippen LogP contribution in [-0.4, -0.2) is 85.9 Å². The smallest absolute Gasteiger partial charge is 0.237 e. The van der Waals surface area contributed by atoms with Crippen LogP contribution >= 0.6 is 0 Å². The van der Waals surface area contributed by atoms with E-state index in [4.69, 9.17) is 0 Å². The Kier molecular flexibility index (Phi) is 7.53. The number of carbonyl (C=O) groups excluding carboxylic acids is 2. The van der Waals surface area contributed by atoms with Crippen molar-refractivity contribution < 1.29 is 9.59 Å². The highest BCUT2D eigenvalue weighted by Gasteiger charge is 2.38. The average Bonchev–Trinajstić information content (AvgIpc) is 3.12. The van der Waals surface area contributed by atoms with Crippen LogP contribution in [-0.2, 0) is 9.59 Å². The van der Waals surface area contributed by atoms with Crippen LogP contribution < -0.4 is 5.32 Å². The van der Waals surface area contributed by atoms with E-state index in [9.17, 15) is 9.59 Å². The second-order valence-corrected chi connectivity index (χ2v) is 8.93. The van der Waals surface area contributed by atoms with Crippen LogP contribution in [0, 0.1) is 11.8 Å². The molecule has 27 heavy (non-hydrogen) atoms. The Balaban J connectivity index is 1.52. The van der Waals surface area contributed by atoms with Crippen molar-refractivity contribution in [3.8, 4) is 0 Å². The molecule has 154 valence electrons. The normalized spacial score (nSPS) is 23.4. The Bertz CT molecular complexity index is 492. The third-order valence-corrected chi connectivity index (χ3v) is 6.67. The third-order valence-electron chi connectivity index (χ3n) is 6.67. The maximum atomic E-state index is 13.0. The molecule has 0 radical (unpaired) electrons. The fourth-order valence-electron chi connectivity index (χ4n) is 4.80. The first-order valence-corrected chi connectivity index (χ1v) is 11.0. The van der Waals surface area contributed by atoms with Gasteiger partial charge < -0.3 is 15.1 Å². The summed E-state index contributed by atoms with van der Waals surface area (Å²) in [6.07, 6.45) is 9.14. The summed E-state index contributed by atoms with van der Waals surface area (Å²) in [7, 11) is 4.13. The molecular weight excluding hydrogens is 340 g/mol. The molecule has 0 bridgehead atoms. The monoisotopic (exact) mass is 378 g/mol. The fraction of sp³-hybridized carbons (Fsp3) is 0.905. The first-order chi connectivity index (χ1) is 13.1. The highest BCUT2D eigenvalue weighted by Crippen LogP contribution is 2.32. The molecule has 6 nitrogen and oxygen atoms in total. The van der Waals surface area contributed by atoms with Gasteiger partial charge in [-0.25, -0.2) is 0 Å². The maximum Gasteiger partial charge on any atom is 0.237 e. The first kappa shape index (κ1) is 20.6. The van der Waals surface area contributed by atoms with E-state index < -0.39 is 0 Å². The summed E-state index contributed by atoms with van der Waals surface area (Å²) in [6, 6.07) is -0.00666. The number of nitrogens with zero attached hydrogens (tertiary/aromatic N) is 3. The zero-order chi connectivity index (χ0) is 19.2. The first-order valence-electron chi connectivity index (χ1n) is 11.0. The standard InChI is InChI=1S/C21H38N4O2/c1-23(2)12-6-11-22-20(26)19(17-7-3-4-8-17)24-13-15-25(16-14-24)21(27)18-9-5-10-18/h17-19H,3-16H2,1-2H3,(H,22,26). The van der Waals surface area contributed by atoms with Gasteiger partial charge in [0, 0.05) is 38.6 Å². The van der Waals surface area contributed by atoms with Gasteiger partial charge in [-0.05, 0) is 58.7 Å². The molecule has 1 heterocycles. The number of hydrogen-bond acceptors (Lipinski definition) is 4. The van der Waals surface area contributed by atoms with E-state index in [-0.39, 0.29) is 17.9 Å². The molecule has 1 aliphatic heterocycles. The largest absolute Gasteiger partial charge is 0.355 e. The molecule has 1 saturated heterocycles. The molecule has 3 rings (SSSR count). The van der Waals surface area contributed by atoms with Gasteiger partial charge in [-0.15, -0.1) is 0 Å². The number of piperazine rings is 1.